The third-order valence-electron chi connectivity index (χ3n) is 4.68. The van der Waals surface area contributed by atoms with E-state index < -0.39 is 0 Å². The molecular formula is C18H23N5. The lowest BCUT2D eigenvalue weighted by molar-refractivity contribution is 0.202. The average molecular weight is 309 g/mol. The molecule has 2 heterocycles. The van der Waals surface area contributed by atoms with Crippen LogP contribution in [-0.4, -0.2) is 21.9 Å². The van der Waals surface area contributed by atoms with Gasteiger partial charge in [0.05, 0.1) is 0 Å². The SMILES string of the molecule is C=CN=C(N)c1c(-c2cccnc2)cn(C2CC(CN)C2)c1C. The highest BCUT2D eigenvalue weighted by molar-refractivity contribution is 6.05. The van der Waals surface area contributed by atoms with Gasteiger partial charge in [0.1, 0.15) is 5.84 Å². The van der Waals surface area contributed by atoms with E-state index in [9.17, 15) is 0 Å². The Balaban J connectivity index is 2.07. The first-order valence-corrected chi connectivity index (χ1v) is 7.92. The standard InChI is InChI=1S/C18H23N5/c1-3-22-18(20)17-12(2)23(15-7-13(8-15)9-19)11-16(17)14-5-4-6-21-10-14/h3-6,10-11,13,15H,1,7-9,19H2,2H3,(H2,20,22). The molecule has 1 aliphatic rings. The van der Waals surface area contributed by atoms with Crippen molar-refractivity contribution in [2.45, 2.75) is 25.8 Å². The molecule has 120 valence electrons. The summed E-state index contributed by atoms with van der Waals surface area (Å²) in [5.74, 6) is 1.12. The molecule has 23 heavy (non-hydrogen) atoms. The maximum atomic E-state index is 6.20. The van der Waals surface area contributed by atoms with Crippen molar-refractivity contribution in [1.82, 2.24) is 9.55 Å². The molecule has 1 aliphatic carbocycles. The largest absolute Gasteiger partial charge is 0.383 e. The minimum absolute atomic E-state index is 0.490. The van der Waals surface area contributed by atoms with Gasteiger partial charge in [0, 0.05) is 53.2 Å². The second-order valence-electron chi connectivity index (χ2n) is 6.08. The second kappa shape index (κ2) is 6.38. The second-order valence-corrected chi connectivity index (χ2v) is 6.08. The van der Waals surface area contributed by atoms with Crippen LogP contribution < -0.4 is 11.5 Å². The number of pyridine rings is 1. The molecule has 0 aromatic carbocycles. The first-order chi connectivity index (χ1) is 11.2. The van der Waals surface area contributed by atoms with E-state index in [-0.39, 0.29) is 0 Å². The molecule has 1 fully saturated rings. The van der Waals surface area contributed by atoms with Crippen LogP contribution in [0.25, 0.3) is 11.1 Å². The van der Waals surface area contributed by atoms with Crippen LogP contribution in [0.4, 0.5) is 0 Å². The van der Waals surface area contributed by atoms with Gasteiger partial charge in [-0.25, -0.2) is 4.99 Å². The number of amidine groups is 1. The summed E-state index contributed by atoms with van der Waals surface area (Å²) in [6, 6.07) is 4.46. The third-order valence-corrected chi connectivity index (χ3v) is 4.68. The lowest BCUT2D eigenvalue weighted by Crippen LogP contribution is -2.32. The van der Waals surface area contributed by atoms with Gasteiger partial charge in [0.25, 0.3) is 0 Å². The summed E-state index contributed by atoms with van der Waals surface area (Å²) in [4.78, 5) is 8.42. The van der Waals surface area contributed by atoms with Crippen LogP contribution in [0.1, 0.15) is 30.1 Å². The lowest BCUT2D eigenvalue weighted by Gasteiger charge is -2.36. The fourth-order valence-electron chi connectivity index (χ4n) is 3.35. The van der Waals surface area contributed by atoms with Gasteiger partial charge in [0.15, 0.2) is 0 Å². The van der Waals surface area contributed by atoms with Crippen molar-refractivity contribution in [1.29, 1.82) is 0 Å². The summed E-state index contributed by atoms with van der Waals surface area (Å²) in [6.45, 7) is 6.50. The molecule has 0 radical (unpaired) electrons. The molecule has 4 N–H and O–H groups in total. The predicted molar refractivity (Wildman–Crippen MR) is 94.1 cm³/mol. The summed E-state index contributed by atoms with van der Waals surface area (Å²) in [6.07, 6.45) is 9.52. The Morgan fingerprint density at radius 2 is 2.30 bits per heavy atom. The Bertz CT molecular complexity index is 723. The van der Waals surface area contributed by atoms with E-state index in [1.54, 1.807) is 6.20 Å². The highest BCUT2D eigenvalue weighted by Gasteiger charge is 2.31. The molecule has 2 aromatic heterocycles. The fraction of sp³-hybridized carbons (Fsp3) is 0.333. The van der Waals surface area contributed by atoms with Crippen molar-refractivity contribution in [2.75, 3.05) is 6.54 Å². The monoisotopic (exact) mass is 309 g/mol. The zero-order chi connectivity index (χ0) is 16.4. The van der Waals surface area contributed by atoms with Crippen molar-refractivity contribution in [2.24, 2.45) is 22.4 Å². The molecule has 2 aromatic rings. The van der Waals surface area contributed by atoms with Crippen LogP contribution >= 0.6 is 0 Å². The summed E-state index contributed by atoms with van der Waals surface area (Å²) in [5, 5.41) is 0. The zero-order valence-corrected chi connectivity index (χ0v) is 13.4. The average Bonchev–Trinajstić information content (AvgIpc) is 2.85. The normalized spacial score (nSPS) is 21.0. The topological polar surface area (TPSA) is 82.2 Å². The van der Waals surface area contributed by atoms with Gasteiger partial charge in [0.2, 0.25) is 0 Å². The van der Waals surface area contributed by atoms with Gasteiger partial charge in [-0.3, -0.25) is 4.98 Å². The van der Waals surface area contributed by atoms with Crippen LogP contribution in [0.2, 0.25) is 0 Å². The number of nitrogens with two attached hydrogens (primary N) is 2. The molecule has 5 heteroatoms. The van der Waals surface area contributed by atoms with Crippen LogP contribution in [0.3, 0.4) is 0 Å². The Morgan fingerprint density at radius 1 is 1.52 bits per heavy atom. The first-order valence-electron chi connectivity index (χ1n) is 7.92. The summed E-state index contributed by atoms with van der Waals surface area (Å²) in [5.41, 5.74) is 16.2. The first kappa shape index (κ1) is 15.5. The Labute approximate surface area is 136 Å². The van der Waals surface area contributed by atoms with Crippen molar-refractivity contribution < 1.29 is 0 Å². The van der Waals surface area contributed by atoms with Crippen LogP contribution in [0, 0.1) is 12.8 Å². The van der Waals surface area contributed by atoms with Gasteiger partial charge < -0.3 is 16.0 Å². The number of aromatic nitrogens is 2. The molecule has 0 amide bonds. The number of nitrogens with zero attached hydrogens (tertiary/aromatic N) is 3. The van der Waals surface area contributed by atoms with E-state index >= 15 is 0 Å². The van der Waals surface area contributed by atoms with Crippen molar-refractivity contribution >= 4 is 5.84 Å². The van der Waals surface area contributed by atoms with E-state index in [4.69, 9.17) is 11.5 Å². The number of hydrogen-bond donors (Lipinski definition) is 2. The van der Waals surface area contributed by atoms with E-state index in [2.05, 4.69) is 34.2 Å². The third kappa shape index (κ3) is 2.80. The van der Waals surface area contributed by atoms with E-state index in [1.165, 1.54) is 6.20 Å². The van der Waals surface area contributed by atoms with Gasteiger partial charge in [-0.2, -0.15) is 0 Å². The van der Waals surface area contributed by atoms with Gasteiger partial charge in [-0.15, -0.1) is 0 Å². The maximum Gasteiger partial charge on any atom is 0.133 e. The molecule has 0 saturated heterocycles. The highest BCUT2D eigenvalue weighted by atomic mass is 15.0. The van der Waals surface area contributed by atoms with E-state index in [1.807, 2.05) is 18.3 Å². The molecule has 0 atom stereocenters. The summed E-state index contributed by atoms with van der Waals surface area (Å²) < 4.78 is 2.31. The van der Waals surface area contributed by atoms with Crippen LogP contribution in [0.5, 0.6) is 0 Å². The molecule has 0 unspecified atom stereocenters. The van der Waals surface area contributed by atoms with E-state index in [0.717, 1.165) is 41.8 Å². The Hall–Kier alpha value is -2.40. The lowest BCUT2D eigenvalue weighted by atomic mass is 9.80. The quantitative estimate of drug-likeness (QED) is 0.658. The Morgan fingerprint density at radius 3 is 2.91 bits per heavy atom. The maximum absolute atomic E-state index is 6.20. The molecule has 0 bridgehead atoms. The fourth-order valence-corrected chi connectivity index (χ4v) is 3.35. The van der Waals surface area contributed by atoms with Gasteiger partial charge in [-0.05, 0) is 38.3 Å². The van der Waals surface area contributed by atoms with Crippen molar-refractivity contribution in [3.63, 3.8) is 0 Å². The van der Waals surface area contributed by atoms with Crippen LogP contribution in [0.15, 0.2) is 48.5 Å². The molecule has 0 aliphatic heterocycles. The van der Waals surface area contributed by atoms with Crippen LogP contribution in [-0.2, 0) is 0 Å². The number of hydrogen-bond acceptors (Lipinski definition) is 3. The molecule has 5 nitrogen and oxygen atoms in total. The molecule has 1 saturated carbocycles. The van der Waals surface area contributed by atoms with E-state index in [0.29, 0.717) is 17.8 Å². The highest BCUT2D eigenvalue weighted by Crippen LogP contribution is 2.40. The summed E-state index contributed by atoms with van der Waals surface area (Å²) >= 11 is 0. The van der Waals surface area contributed by atoms with Crippen molar-refractivity contribution in [3.8, 4) is 11.1 Å². The van der Waals surface area contributed by atoms with Crippen molar-refractivity contribution in [3.05, 3.63) is 54.8 Å². The Kier molecular flexibility index (Phi) is 4.30. The number of aliphatic imine (C=N–C) groups is 1. The van der Waals surface area contributed by atoms with Gasteiger partial charge in [-0.1, -0.05) is 12.6 Å². The zero-order valence-electron chi connectivity index (χ0n) is 13.4. The number of rotatable bonds is 5. The minimum Gasteiger partial charge on any atom is -0.383 e. The summed E-state index contributed by atoms with van der Waals surface area (Å²) in [7, 11) is 0. The molecule has 3 rings (SSSR count). The molecule has 0 spiro atoms. The predicted octanol–water partition coefficient (Wildman–Crippen LogP) is 2.62. The minimum atomic E-state index is 0.490. The molecular weight excluding hydrogens is 286 g/mol. The smallest absolute Gasteiger partial charge is 0.133 e. The van der Waals surface area contributed by atoms with Gasteiger partial charge >= 0.3 is 0 Å².